The third kappa shape index (κ3) is 7.98. The van der Waals surface area contributed by atoms with Crippen molar-refractivity contribution < 1.29 is 14.2 Å². The van der Waals surface area contributed by atoms with Crippen LogP contribution in [0.1, 0.15) is 19.8 Å². The van der Waals surface area contributed by atoms with Crippen LogP contribution in [0.4, 0.5) is 0 Å². The minimum Gasteiger partial charge on any atom is -0.382 e. The fourth-order valence-electron chi connectivity index (χ4n) is 0.835. The molecule has 0 saturated carbocycles. The van der Waals surface area contributed by atoms with Crippen molar-refractivity contribution in [3.63, 3.8) is 0 Å². The first kappa shape index (κ1) is 11.9. The molecule has 0 rings (SSSR count). The highest BCUT2D eigenvalue weighted by molar-refractivity contribution is 4.48. The van der Waals surface area contributed by atoms with Crippen molar-refractivity contribution >= 4 is 0 Å². The average Bonchev–Trinajstić information content (AvgIpc) is 2.10. The summed E-state index contributed by atoms with van der Waals surface area (Å²) in [5.74, 6) is 0. The molecule has 0 bridgehead atoms. The van der Waals surface area contributed by atoms with Crippen LogP contribution in [0, 0.1) is 0 Å². The van der Waals surface area contributed by atoms with E-state index in [1.54, 1.807) is 14.2 Å². The molecule has 0 aliphatic rings. The Kier molecular flexibility index (Phi) is 8.88. The van der Waals surface area contributed by atoms with Gasteiger partial charge in [0.2, 0.25) is 0 Å². The molecule has 0 heterocycles. The maximum atomic E-state index is 5.29. The number of methoxy groups -OCH3 is 2. The lowest BCUT2D eigenvalue weighted by molar-refractivity contribution is 0.0567. The maximum Gasteiger partial charge on any atom is 0.0700 e. The normalized spacial score (nSPS) is 13.2. The number of hydrogen-bond donors (Lipinski definition) is 0. The Hall–Kier alpha value is -0.120. The van der Waals surface area contributed by atoms with Gasteiger partial charge in [-0.15, -0.1) is 0 Å². The van der Waals surface area contributed by atoms with Crippen LogP contribution in [-0.2, 0) is 14.2 Å². The average molecular weight is 176 g/mol. The van der Waals surface area contributed by atoms with Crippen molar-refractivity contribution in [1.29, 1.82) is 0 Å². The van der Waals surface area contributed by atoms with E-state index in [9.17, 15) is 0 Å². The molecule has 0 saturated heterocycles. The van der Waals surface area contributed by atoms with Gasteiger partial charge in [-0.25, -0.2) is 0 Å². The Morgan fingerprint density at radius 3 is 2.42 bits per heavy atom. The second-order valence-electron chi connectivity index (χ2n) is 2.79. The molecular formula is C9H20O3. The van der Waals surface area contributed by atoms with Crippen LogP contribution in [-0.4, -0.2) is 40.1 Å². The zero-order valence-electron chi connectivity index (χ0n) is 8.34. The molecule has 0 spiro atoms. The van der Waals surface area contributed by atoms with Crippen molar-refractivity contribution in [2.24, 2.45) is 0 Å². The molecule has 1 unspecified atom stereocenters. The summed E-state index contributed by atoms with van der Waals surface area (Å²) >= 11 is 0. The van der Waals surface area contributed by atoms with Gasteiger partial charge in [0.25, 0.3) is 0 Å². The van der Waals surface area contributed by atoms with Crippen LogP contribution in [0.5, 0.6) is 0 Å². The van der Waals surface area contributed by atoms with Gasteiger partial charge in [0.1, 0.15) is 0 Å². The molecule has 0 aromatic heterocycles. The third-order valence-corrected chi connectivity index (χ3v) is 1.73. The van der Waals surface area contributed by atoms with Gasteiger partial charge in [-0.2, -0.15) is 0 Å². The quantitative estimate of drug-likeness (QED) is 0.524. The molecule has 3 nitrogen and oxygen atoms in total. The van der Waals surface area contributed by atoms with E-state index in [0.717, 1.165) is 19.4 Å². The molecule has 0 aromatic rings. The van der Waals surface area contributed by atoms with Gasteiger partial charge in [0.15, 0.2) is 0 Å². The van der Waals surface area contributed by atoms with E-state index in [-0.39, 0.29) is 0 Å². The SMILES string of the molecule is COCCOCCCC(C)OC. The lowest BCUT2D eigenvalue weighted by Crippen LogP contribution is -2.08. The van der Waals surface area contributed by atoms with Crippen LogP contribution in [0.2, 0.25) is 0 Å². The van der Waals surface area contributed by atoms with E-state index in [4.69, 9.17) is 14.2 Å². The van der Waals surface area contributed by atoms with Crippen LogP contribution in [0.15, 0.2) is 0 Å². The fourth-order valence-corrected chi connectivity index (χ4v) is 0.835. The largest absolute Gasteiger partial charge is 0.382 e. The Morgan fingerprint density at radius 1 is 1.08 bits per heavy atom. The van der Waals surface area contributed by atoms with E-state index < -0.39 is 0 Å². The molecule has 0 radical (unpaired) electrons. The highest BCUT2D eigenvalue weighted by Crippen LogP contribution is 1.99. The summed E-state index contributed by atoms with van der Waals surface area (Å²) in [5, 5.41) is 0. The minimum atomic E-state index is 0.344. The first-order valence-corrected chi connectivity index (χ1v) is 4.40. The van der Waals surface area contributed by atoms with Gasteiger partial charge in [0, 0.05) is 20.8 Å². The summed E-state index contributed by atoms with van der Waals surface area (Å²) < 4.78 is 15.2. The monoisotopic (exact) mass is 176 g/mol. The number of ether oxygens (including phenoxy) is 3. The summed E-state index contributed by atoms with van der Waals surface area (Å²) in [7, 11) is 3.41. The van der Waals surface area contributed by atoms with Gasteiger partial charge < -0.3 is 14.2 Å². The standard InChI is InChI=1S/C9H20O3/c1-9(11-3)5-4-6-12-8-7-10-2/h9H,4-8H2,1-3H3. The van der Waals surface area contributed by atoms with Crippen LogP contribution in [0.25, 0.3) is 0 Å². The zero-order valence-corrected chi connectivity index (χ0v) is 8.34. The molecule has 74 valence electrons. The van der Waals surface area contributed by atoms with Gasteiger partial charge in [-0.05, 0) is 19.8 Å². The highest BCUT2D eigenvalue weighted by atomic mass is 16.5. The molecule has 3 heteroatoms. The number of hydrogen-bond acceptors (Lipinski definition) is 3. The van der Waals surface area contributed by atoms with Crippen LogP contribution < -0.4 is 0 Å². The Bertz CT molecular complexity index is 85.8. The van der Waals surface area contributed by atoms with Crippen molar-refractivity contribution in [2.75, 3.05) is 34.0 Å². The molecule has 12 heavy (non-hydrogen) atoms. The molecular weight excluding hydrogens is 156 g/mol. The molecule has 1 atom stereocenters. The van der Waals surface area contributed by atoms with E-state index in [1.165, 1.54) is 0 Å². The summed E-state index contributed by atoms with van der Waals surface area (Å²) in [5.41, 5.74) is 0. The first-order chi connectivity index (χ1) is 5.81. The summed E-state index contributed by atoms with van der Waals surface area (Å²) in [6, 6.07) is 0. The molecule has 0 amide bonds. The molecule has 0 aliphatic carbocycles. The highest BCUT2D eigenvalue weighted by Gasteiger charge is 1.97. The molecule has 0 aliphatic heterocycles. The molecule has 0 N–H and O–H groups in total. The number of rotatable bonds is 8. The van der Waals surface area contributed by atoms with Gasteiger partial charge >= 0.3 is 0 Å². The summed E-state index contributed by atoms with van der Waals surface area (Å²) in [6.45, 7) is 4.24. The van der Waals surface area contributed by atoms with Crippen molar-refractivity contribution in [2.45, 2.75) is 25.9 Å². The van der Waals surface area contributed by atoms with Gasteiger partial charge in [-0.3, -0.25) is 0 Å². The molecule has 0 fully saturated rings. The Morgan fingerprint density at radius 2 is 1.83 bits per heavy atom. The fraction of sp³-hybridized carbons (Fsp3) is 1.00. The lowest BCUT2D eigenvalue weighted by Gasteiger charge is -2.08. The topological polar surface area (TPSA) is 27.7 Å². The van der Waals surface area contributed by atoms with Crippen molar-refractivity contribution in [1.82, 2.24) is 0 Å². The predicted octanol–water partition coefficient (Wildman–Crippen LogP) is 1.46. The first-order valence-electron chi connectivity index (χ1n) is 4.40. The van der Waals surface area contributed by atoms with Crippen molar-refractivity contribution in [3.8, 4) is 0 Å². The Labute approximate surface area is 75.0 Å². The van der Waals surface area contributed by atoms with E-state index in [2.05, 4.69) is 6.92 Å². The molecule has 0 aromatic carbocycles. The van der Waals surface area contributed by atoms with Crippen LogP contribution >= 0.6 is 0 Å². The second-order valence-corrected chi connectivity index (χ2v) is 2.79. The van der Waals surface area contributed by atoms with Gasteiger partial charge in [0.05, 0.1) is 19.3 Å². The van der Waals surface area contributed by atoms with Gasteiger partial charge in [-0.1, -0.05) is 0 Å². The Balaban J connectivity index is 2.90. The zero-order chi connectivity index (χ0) is 9.23. The maximum absolute atomic E-state index is 5.29. The minimum absolute atomic E-state index is 0.344. The summed E-state index contributed by atoms with van der Waals surface area (Å²) in [4.78, 5) is 0. The lowest BCUT2D eigenvalue weighted by atomic mass is 10.2. The van der Waals surface area contributed by atoms with E-state index in [1.807, 2.05) is 0 Å². The smallest absolute Gasteiger partial charge is 0.0700 e. The van der Waals surface area contributed by atoms with Crippen LogP contribution in [0.3, 0.4) is 0 Å². The second kappa shape index (κ2) is 8.97. The van der Waals surface area contributed by atoms with E-state index >= 15 is 0 Å². The summed E-state index contributed by atoms with van der Waals surface area (Å²) in [6.07, 6.45) is 2.46. The van der Waals surface area contributed by atoms with E-state index in [0.29, 0.717) is 19.3 Å². The predicted molar refractivity (Wildman–Crippen MR) is 48.4 cm³/mol. The third-order valence-electron chi connectivity index (χ3n) is 1.73. The van der Waals surface area contributed by atoms with Crippen molar-refractivity contribution in [3.05, 3.63) is 0 Å².